The average Bonchev–Trinajstić information content (AvgIpc) is 3.35. The lowest BCUT2D eigenvalue weighted by atomic mass is 9.81. The first-order chi connectivity index (χ1) is 15.0. The van der Waals surface area contributed by atoms with Gasteiger partial charge < -0.3 is 34.7 Å². The van der Waals surface area contributed by atoms with Crippen LogP contribution >= 0.6 is 0 Å². The Bertz CT molecular complexity index is 965. The number of aryl methyl sites for hydroxylation is 1. The molecule has 0 aromatic heterocycles. The van der Waals surface area contributed by atoms with E-state index in [4.69, 9.17) is 14.3 Å². The maximum absolute atomic E-state index is 10.8. The Morgan fingerprint density at radius 2 is 1.84 bits per heavy atom. The SMILES string of the molecule is CCc1ccc(CC2=C3CC4=C(C=C3ON2)CO[C@]42O[C@H](CO)[C@@H](O)[C@H](O)[C@H]2O)cc1. The highest BCUT2D eigenvalue weighted by atomic mass is 16.7. The highest BCUT2D eigenvalue weighted by Gasteiger charge is 2.59. The van der Waals surface area contributed by atoms with Crippen molar-refractivity contribution in [2.24, 2.45) is 0 Å². The van der Waals surface area contributed by atoms with Gasteiger partial charge in [0.15, 0.2) is 5.76 Å². The van der Waals surface area contributed by atoms with E-state index in [0.29, 0.717) is 24.2 Å². The second-order valence-corrected chi connectivity index (χ2v) is 8.42. The van der Waals surface area contributed by atoms with Gasteiger partial charge in [-0.15, -0.1) is 0 Å². The van der Waals surface area contributed by atoms with Crippen LogP contribution in [0.1, 0.15) is 24.5 Å². The van der Waals surface area contributed by atoms with Crippen molar-refractivity contribution in [2.45, 2.75) is 56.4 Å². The Morgan fingerprint density at radius 3 is 2.55 bits per heavy atom. The maximum atomic E-state index is 10.8. The molecule has 8 heteroatoms. The van der Waals surface area contributed by atoms with Crippen molar-refractivity contribution < 1.29 is 34.7 Å². The first-order valence-corrected chi connectivity index (χ1v) is 10.6. The molecule has 5 rings (SSSR count). The molecule has 4 aliphatic rings. The highest BCUT2D eigenvalue weighted by molar-refractivity contribution is 5.53. The minimum absolute atomic E-state index is 0.168. The number of benzene rings is 1. The smallest absolute Gasteiger partial charge is 0.222 e. The van der Waals surface area contributed by atoms with E-state index in [9.17, 15) is 20.4 Å². The summed E-state index contributed by atoms with van der Waals surface area (Å²) in [4.78, 5) is 5.69. The van der Waals surface area contributed by atoms with Gasteiger partial charge in [0.05, 0.1) is 18.9 Å². The Hall–Kier alpha value is -2.20. The predicted octanol–water partition coefficient (Wildman–Crippen LogP) is 0.365. The van der Waals surface area contributed by atoms with E-state index in [1.165, 1.54) is 5.56 Å². The van der Waals surface area contributed by atoms with Crippen molar-refractivity contribution in [1.82, 2.24) is 5.48 Å². The summed E-state index contributed by atoms with van der Waals surface area (Å²) in [7, 11) is 0. The molecule has 5 N–H and O–H groups in total. The molecule has 0 unspecified atom stereocenters. The molecule has 3 aliphatic heterocycles. The molecule has 8 nitrogen and oxygen atoms in total. The molecule has 1 aromatic carbocycles. The number of hydroxylamine groups is 1. The van der Waals surface area contributed by atoms with Crippen molar-refractivity contribution in [2.75, 3.05) is 13.2 Å². The number of ether oxygens (including phenoxy) is 2. The Morgan fingerprint density at radius 1 is 1.10 bits per heavy atom. The number of hydrogen-bond donors (Lipinski definition) is 5. The van der Waals surface area contributed by atoms with Crippen LogP contribution < -0.4 is 5.48 Å². The van der Waals surface area contributed by atoms with Crippen molar-refractivity contribution in [3.8, 4) is 0 Å². The van der Waals surface area contributed by atoms with Gasteiger partial charge in [-0.3, -0.25) is 0 Å². The molecular formula is C23H27NO7. The number of fused-ring (bicyclic) bond motifs is 2. The number of nitrogens with one attached hydrogen (secondary N) is 1. The molecule has 5 atom stereocenters. The van der Waals surface area contributed by atoms with Crippen LogP contribution in [0.3, 0.4) is 0 Å². The van der Waals surface area contributed by atoms with E-state index in [1.807, 2.05) is 6.08 Å². The maximum Gasteiger partial charge on any atom is 0.222 e. The topological polar surface area (TPSA) is 121 Å². The predicted molar refractivity (Wildman–Crippen MR) is 109 cm³/mol. The minimum Gasteiger partial charge on any atom is -0.394 e. The first kappa shape index (κ1) is 20.7. The summed E-state index contributed by atoms with van der Waals surface area (Å²) in [6.45, 7) is 1.78. The summed E-state index contributed by atoms with van der Waals surface area (Å²) < 4.78 is 11.7. The normalized spacial score (nSPS) is 34.4. The lowest BCUT2D eigenvalue weighted by molar-refractivity contribution is -0.339. The molecule has 0 bridgehead atoms. The van der Waals surface area contributed by atoms with Gasteiger partial charge in [-0.05, 0) is 29.2 Å². The van der Waals surface area contributed by atoms with Crippen LogP contribution in [0.15, 0.2) is 58.5 Å². The zero-order chi connectivity index (χ0) is 21.8. The number of hydrogen-bond acceptors (Lipinski definition) is 8. The summed E-state index contributed by atoms with van der Waals surface area (Å²) in [5, 5.41) is 40.9. The molecule has 0 saturated carbocycles. The number of rotatable bonds is 4. The van der Waals surface area contributed by atoms with Crippen molar-refractivity contribution >= 4 is 0 Å². The molecule has 1 aliphatic carbocycles. The minimum atomic E-state index is -1.62. The fourth-order valence-electron chi connectivity index (χ4n) is 4.73. The second-order valence-electron chi connectivity index (χ2n) is 8.42. The summed E-state index contributed by atoms with van der Waals surface area (Å²) >= 11 is 0. The molecule has 166 valence electrons. The summed E-state index contributed by atoms with van der Waals surface area (Å²) in [6, 6.07) is 8.42. The van der Waals surface area contributed by atoms with Gasteiger partial charge in [-0.1, -0.05) is 31.2 Å². The largest absolute Gasteiger partial charge is 0.394 e. The molecule has 1 aromatic rings. The number of aliphatic hydroxyl groups is 4. The van der Waals surface area contributed by atoms with E-state index in [0.717, 1.165) is 28.8 Å². The lowest BCUT2D eigenvalue weighted by Crippen LogP contribution is -2.66. The van der Waals surface area contributed by atoms with Crippen LogP contribution in [0, 0.1) is 0 Å². The van der Waals surface area contributed by atoms with Crippen LogP contribution in [0.25, 0.3) is 0 Å². The second kappa shape index (κ2) is 7.74. The summed E-state index contributed by atoms with van der Waals surface area (Å²) in [5.41, 5.74) is 8.75. The van der Waals surface area contributed by atoms with Gasteiger partial charge >= 0.3 is 0 Å². The van der Waals surface area contributed by atoms with Crippen LogP contribution in [0.2, 0.25) is 0 Å². The van der Waals surface area contributed by atoms with Crippen LogP contribution in [0.4, 0.5) is 0 Å². The van der Waals surface area contributed by atoms with Gasteiger partial charge in [0, 0.05) is 24.0 Å². The molecule has 31 heavy (non-hydrogen) atoms. The fraction of sp³-hybridized carbons (Fsp3) is 0.478. The van der Waals surface area contributed by atoms with E-state index >= 15 is 0 Å². The lowest BCUT2D eigenvalue weighted by Gasteiger charge is -2.47. The third-order valence-electron chi connectivity index (χ3n) is 6.62. The zero-order valence-corrected chi connectivity index (χ0v) is 17.2. The monoisotopic (exact) mass is 429 g/mol. The molecule has 0 radical (unpaired) electrons. The van der Waals surface area contributed by atoms with Crippen LogP contribution in [0.5, 0.6) is 0 Å². The van der Waals surface area contributed by atoms with Crippen LogP contribution in [-0.2, 0) is 27.2 Å². The van der Waals surface area contributed by atoms with E-state index in [-0.39, 0.29) is 6.61 Å². The standard InChI is InChI=1S/C23H27NO7/c1-2-12-3-5-13(6-4-12)7-17-15-9-16-14(8-18(15)31-24-17)11-29-23(16)22(28)21(27)20(26)19(10-25)30-23/h3-6,8,19-22,24-28H,2,7,9-11H2,1H3/t19-,20-,21+,22-,23+/m1/s1. The van der Waals surface area contributed by atoms with Crippen molar-refractivity contribution in [1.29, 1.82) is 0 Å². The Balaban J connectivity index is 1.46. The third kappa shape index (κ3) is 3.22. The van der Waals surface area contributed by atoms with Crippen molar-refractivity contribution in [3.63, 3.8) is 0 Å². The van der Waals surface area contributed by atoms with Gasteiger partial charge in [0.2, 0.25) is 5.79 Å². The molecule has 1 fully saturated rings. The molecule has 0 amide bonds. The summed E-state index contributed by atoms with van der Waals surface area (Å²) in [6.07, 6.45) is -1.60. The number of aliphatic hydroxyl groups excluding tert-OH is 4. The van der Waals surface area contributed by atoms with E-state index < -0.39 is 36.8 Å². The van der Waals surface area contributed by atoms with E-state index in [2.05, 4.69) is 36.7 Å². The van der Waals surface area contributed by atoms with Crippen LogP contribution in [-0.4, -0.2) is 63.8 Å². The average molecular weight is 429 g/mol. The van der Waals surface area contributed by atoms with Gasteiger partial charge in [-0.25, -0.2) is 5.48 Å². The Kier molecular flexibility index (Phi) is 5.16. The molecule has 1 spiro atoms. The molecule has 1 saturated heterocycles. The van der Waals surface area contributed by atoms with Gasteiger partial charge in [0.25, 0.3) is 0 Å². The zero-order valence-electron chi connectivity index (χ0n) is 17.2. The Labute approximate surface area is 180 Å². The first-order valence-electron chi connectivity index (χ1n) is 10.6. The van der Waals surface area contributed by atoms with Crippen molar-refractivity contribution in [3.05, 3.63) is 69.6 Å². The number of allylic oxidation sites excluding steroid dienone is 2. The van der Waals surface area contributed by atoms with E-state index in [1.54, 1.807) is 0 Å². The van der Waals surface area contributed by atoms with Gasteiger partial charge in [-0.2, -0.15) is 0 Å². The quantitative estimate of drug-likeness (QED) is 0.466. The summed E-state index contributed by atoms with van der Waals surface area (Å²) in [5.74, 6) is -0.920. The molecule has 3 heterocycles. The third-order valence-corrected chi connectivity index (χ3v) is 6.62. The molecular weight excluding hydrogens is 402 g/mol. The highest BCUT2D eigenvalue weighted by Crippen LogP contribution is 2.49. The van der Waals surface area contributed by atoms with Gasteiger partial charge in [0.1, 0.15) is 24.4 Å². The fourth-order valence-corrected chi connectivity index (χ4v) is 4.73.